The molecular formula is C13H15NO2. The number of ether oxygens (including phenoxy) is 1. The van der Waals surface area contributed by atoms with Crippen LogP contribution in [0.4, 0.5) is 0 Å². The van der Waals surface area contributed by atoms with Crippen LogP contribution in [0.15, 0.2) is 36.5 Å². The molecule has 0 saturated heterocycles. The molecule has 3 heteroatoms. The van der Waals surface area contributed by atoms with E-state index in [1.54, 1.807) is 6.20 Å². The molecule has 16 heavy (non-hydrogen) atoms. The van der Waals surface area contributed by atoms with Crippen molar-refractivity contribution >= 4 is 10.8 Å². The number of aromatic nitrogens is 1. The highest BCUT2D eigenvalue weighted by molar-refractivity contribution is 5.84. The van der Waals surface area contributed by atoms with Gasteiger partial charge in [0.1, 0.15) is 6.10 Å². The van der Waals surface area contributed by atoms with Crippen molar-refractivity contribution in [1.29, 1.82) is 0 Å². The first-order chi connectivity index (χ1) is 7.83. The minimum absolute atomic E-state index is 0.289. The van der Waals surface area contributed by atoms with Gasteiger partial charge >= 0.3 is 0 Å². The number of pyridine rings is 1. The topological polar surface area (TPSA) is 42.4 Å². The summed E-state index contributed by atoms with van der Waals surface area (Å²) >= 11 is 0. The Hall–Kier alpha value is -1.45. The number of hydrogen-bond donors (Lipinski definition) is 1. The van der Waals surface area contributed by atoms with Gasteiger partial charge < -0.3 is 9.84 Å². The fourth-order valence-electron chi connectivity index (χ4n) is 1.72. The predicted molar refractivity (Wildman–Crippen MR) is 63.2 cm³/mol. The van der Waals surface area contributed by atoms with E-state index in [-0.39, 0.29) is 6.61 Å². The molecule has 2 rings (SSSR count). The predicted octanol–water partition coefficient (Wildman–Crippen LogP) is 2.30. The summed E-state index contributed by atoms with van der Waals surface area (Å²) < 4.78 is 5.21. The maximum absolute atomic E-state index is 9.96. The second-order valence-corrected chi connectivity index (χ2v) is 3.59. The van der Waals surface area contributed by atoms with Gasteiger partial charge in [-0.05, 0) is 18.4 Å². The highest BCUT2D eigenvalue weighted by Gasteiger charge is 2.12. The molecule has 0 amide bonds. The number of fused-ring (bicyclic) bond motifs is 1. The van der Waals surface area contributed by atoms with Crippen molar-refractivity contribution in [3.05, 3.63) is 42.2 Å². The molecule has 2 aromatic rings. The van der Waals surface area contributed by atoms with E-state index < -0.39 is 6.10 Å². The lowest BCUT2D eigenvalue weighted by molar-refractivity contribution is 0.0406. The van der Waals surface area contributed by atoms with Crippen molar-refractivity contribution in [1.82, 2.24) is 4.98 Å². The third-order valence-electron chi connectivity index (χ3n) is 2.50. The van der Waals surface area contributed by atoms with Gasteiger partial charge in [-0.25, -0.2) is 0 Å². The third kappa shape index (κ3) is 2.21. The van der Waals surface area contributed by atoms with E-state index in [0.717, 1.165) is 10.8 Å². The highest BCUT2D eigenvalue weighted by Crippen LogP contribution is 2.21. The van der Waals surface area contributed by atoms with Crippen LogP contribution in [0.3, 0.4) is 0 Å². The summed E-state index contributed by atoms with van der Waals surface area (Å²) in [6, 6.07) is 9.83. The van der Waals surface area contributed by atoms with E-state index in [9.17, 15) is 5.11 Å². The SMILES string of the molecule is CCOCC(O)c1nccc2ccccc12. The van der Waals surface area contributed by atoms with E-state index in [0.29, 0.717) is 12.3 Å². The van der Waals surface area contributed by atoms with Gasteiger partial charge in [-0.1, -0.05) is 24.3 Å². The maximum atomic E-state index is 9.96. The normalized spacial score (nSPS) is 12.9. The van der Waals surface area contributed by atoms with Crippen LogP contribution < -0.4 is 0 Å². The van der Waals surface area contributed by atoms with Crippen LogP contribution in [0.5, 0.6) is 0 Å². The molecule has 0 spiro atoms. The van der Waals surface area contributed by atoms with Crippen molar-refractivity contribution in [2.45, 2.75) is 13.0 Å². The van der Waals surface area contributed by atoms with Crippen LogP contribution >= 0.6 is 0 Å². The first-order valence-electron chi connectivity index (χ1n) is 5.42. The van der Waals surface area contributed by atoms with Gasteiger partial charge in [0.05, 0.1) is 12.3 Å². The lowest BCUT2D eigenvalue weighted by Gasteiger charge is -2.12. The first-order valence-corrected chi connectivity index (χ1v) is 5.42. The Labute approximate surface area is 94.7 Å². The van der Waals surface area contributed by atoms with E-state index >= 15 is 0 Å². The molecule has 0 aliphatic rings. The van der Waals surface area contributed by atoms with E-state index in [4.69, 9.17) is 4.74 Å². The zero-order chi connectivity index (χ0) is 11.4. The minimum atomic E-state index is -0.661. The number of hydrogen-bond acceptors (Lipinski definition) is 3. The second kappa shape index (κ2) is 5.05. The van der Waals surface area contributed by atoms with Crippen LogP contribution in [-0.2, 0) is 4.74 Å². The summed E-state index contributed by atoms with van der Waals surface area (Å²) in [5, 5.41) is 12.0. The van der Waals surface area contributed by atoms with Crippen molar-refractivity contribution in [2.24, 2.45) is 0 Å². The smallest absolute Gasteiger partial charge is 0.120 e. The molecule has 84 valence electrons. The van der Waals surface area contributed by atoms with Crippen LogP contribution in [0, 0.1) is 0 Å². The molecule has 1 atom stereocenters. The molecule has 1 heterocycles. The number of rotatable bonds is 4. The second-order valence-electron chi connectivity index (χ2n) is 3.59. The van der Waals surface area contributed by atoms with Gasteiger partial charge in [0.2, 0.25) is 0 Å². The lowest BCUT2D eigenvalue weighted by Crippen LogP contribution is -2.09. The fraction of sp³-hybridized carbons (Fsp3) is 0.308. The third-order valence-corrected chi connectivity index (χ3v) is 2.50. The van der Waals surface area contributed by atoms with Gasteiger partial charge in [0, 0.05) is 18.2 Å². The monoisotopic (exact) mass is 217 g/mol. The van der Waals surface area contributed by atoms with Crippen LogP contribution in [-0.4, -0.2) is 23.3 Å². The molecule has 0 fully saturated rings. The van der Waals surface area contributed by atoms with Crippen LogP contribution in [0.1, 0.15) is 18.7 Å². The first kappa shape index (κ1) is 11.0. The molecule has 1 N–H and O–H groups in total. The molecule has 1 aromatic carbocycles. The molecule has 3 nitrogen and oxygen atoms in total. The average Bonchev–Trinajstić information content (AvgIpc) is 2.35. The molecule has 0 aliphatic heterocycles. The standard InChI is InChI=1S/C13H15NO2/c1-2-16-9-12(15)13-11-6-4-3-5-10(11)7-8-14-13/h3-8,12,15H,2,9H2,1H3. The molecule has 1 aromatic heterocycles. The Kier molecular flexibility index (Phi) is 3.49. The highest BCUT2D eigenvalue weighted by atomic mass is 16.5. The van der Waals surface area contributed by atoms with Crippen molar-refractivity contribution < 1.29 is 9.84 Å². The minimum Gasteiger partial charge on any atom is -0.384 e. The molecule has 0 radical (unpaired) electrons. The van der Waals surface area contributed by atoms with E-state index in [2.05, 4.69) is 4.98 Å². The number of benzene rings is 1. The average molecular weight is 217 g/mol. The van der Waals surface area contributed by atoms with Crippen LogP contribution in [0.25, 0.3) is 10.8 Å². The molecule has 0 aliphatic carbocycles. The van der Waals surface area contributed by atoms with E-state index in [1.165, 1.54) is 0 Å². The maximum Gasteiger partial charge on any atom is 0.120 e. The summed E-state index contributed by atoms with van der Waals surface area (Å²) in [6.45, 7) is 2.79. The van der Waals surface area contributed by atoms with Crippen LogP contribution in [0.2, 0.25) is 0 Å². The largest absolute Gasteiger partial charge is 0.384 e. The quantitative estimate of drug-likeness (QED) is 0.854. The van der Waals surface area contributed by atoms with Gasteiger partial charge in [0.15, 0.2) is 0 Å². The molecular weight excluding hydrogens is 202 g/mol. The summed E-state index contributed by atoms with van der Waals surface area (Å²) in [7, 11) is 0. The summed E-state index contributed by atoms with van der Waals surface area (Å²) in [4.78, 5) is 4.23. The van der Waals surface area contributed by atoms with Gasteiger partial charge in [0.25, 0.3) is 0 Å². The zero-order valence-electron chi connectivity index (χ0n) is 9.26. The summed E-state index contributed by atoms with van der Waals surface area (Å²) in [6.07, 6.45) is 1.05. The van der Waals surface area contributed by atoms with Crippen molar-refractivity contribution in [2.75, 3.05) is 13.2 Å². The van der Waals surface area contributed by atoms with Crippen molar-refractivity contribution in [3.8, 4) is 0 Å². The van der Waals surface area contributed by atoms with E-state index in [1.807, 2.05) is 37.3 Å². The molecule has 0 bridgehead atoms. The fourth-order valence-corrected chi connectivity index (χ4v) is 1.72. The Balaban J connectivity index is 2.36. The zero-order valence-corrected chi connectivity index (χ0v) is 9.26. The lowest BCUT2D eigenvalue weighted by atomic mass is 10.1. The Morgan fingerprint density at radius 3 is 2.94 bits per heavy atom. The summed E-state index contributed by atoms with van der Waals surface area (Å²) in [5.41, 5.74) is 0.687. The number of aliphatic hydroxyl groups excluding tert-OH is 1. The molecule has 1 unspecified atom stereocenters. The van der Waals surface area contributed by atoms with Gasteiger partial charge in [-0.15, -0.1) is 0 Å². The number of aliphatic hydroxyl groups is 1. The Morgan fingerprint density at radius 1 is 1.31 bits per heavy atom. The van der Waals surface area contributed by atoms with Gasteiger partial charge in [-0.3, -0.25) is 4.98 Å². The summed E-state index contributed by atoms with van der Waals surface area (Å²) in [5.74, 6) is 0. The molecule has 0 saturated carbocycles. The Morgan fingerprint density at radius 2 is 2.12 bits per heavy atom. The number of nitrogens with zero attached hydrogens (tertiary/aromatic N) is 1. The van der Waals surface area contributed by atoms with Crippen molar-refractivity contribution in [3.63, 3.8) is 0 Å². The van der Waals surface area contributed by atoms with Gasteiger partial charge in [-0.2, -0.15) is 0 Å². The Bertz CT molecular complexity index is 465.